The summed E-state index contributed by atoms with van der Waals surface area (Å²) in [6.45, 7) is 5.87. The van der Waals surface area contributed by atoms with E-state index < -0.39 is 6.09 Å². The molecule has 1 saturated carbocycles. The summed E-state index contributed by atoms with van der Waals surface area (Å²) in [5, 5.41) is 11.2. The van der Waals surface area contributed by atoms with Crippen LogP contribution in [0.4, 0.5) is 4.79 Å². The number of nitrogens with one attached hydrogen (secondary N) is 1. The molecule has 24 heavy (non-hydrogen) atoms. The van der Waals surface area contributed by atoms with Crippen molar-refractivity contribution in [2.75, 3.05) is 0 Å². The van der Waals surface area contributed by atoms with Crippen LogP contribution >= 0.6 is 11.6 Å². The highest BCUT2D eigenvalue weighted by Gasteiger charge is 2.36. The number of hydrogen-bond donors (Lipinski definition) is 2. The second kappa shape index (κ2) is 6.28. The van der Waals surface area contributed by atoms with Gasteiger partial charge in [0.25, 0.3) is 0 Å². The van der Waals surface area contributed by atoms with Gasteiger partial charge in [-0.25, -0.2) is 9.78 Å². The highest BCUT2D eigenvalue weighted by atomic mass is 35.5. The summed E-state index contributed by atoms with van der Waals surface area (Å²) in [7, 11) is 0. The van der Waals surface area contributed by atoms with Crippen molar-refractivity contribution in [2.45, 2.75) is 64.0 Å². The molecule has 1 aliphatic rings. The number of fused-ring (bicyclic) bond motifs is 1. The lowest BCUT2D eigenvalue weighted by Crippen LogP contribution is -2.52. The fraction of sp³-hybridized carbons (Fsp3) is 0.556. The third kappa shape index (κ3) is 3.22. The SMILES string of the molecule is CC(C)(C)N(C(=O)O)[C@H]1CC[C@H](c2cc3c(Cl)ccnc3[nH]2)CC1. The number of amides is 1. The van der Waals surface area contributed by atoms with Gasteiger partial charge in [0, 0.05) is 28.9 Å². The van der Waals surface area contributed by atoms with Gasteiger partial charge in [0.05, 0.1) is 5.02 Å². The molecule has 130 valence electrons. The zero-order valence-electron chi connectivity index (χ0n) is 14.3. The second-order valence-corrected chi connectivity index (χ2v) is 8.02. The van der Waals surface area contributed by atoms with Crippen molar-refractivity contribution in [3.63, 3.8) is 0 Å². The molecule has 0 saturated heterocycles. The molecule has 0 radical (unpaired) electrons. The molecule has 0 aromatic carbocycles. The van der Waals surface area contributed by atoms with Gasteiger partial charge in [-0.1, -0.05) is 11.6 Å². The number of pyridine rings is 1. The van der Waals surface area contributed by atoms with Gasteiger partial charge in [0.1, 0.15) is 5.65 Å². The van der Waals surface area contributed by atoms with Crippen LogP contribution in [0.15, 0.2) is 18.3 Å². The summed E-state index contributed by atoms with van der Waals surface area (Å²) in [5.74, 6) is 0.405. The number of carbonyl (C=O) groups is 1. The first-order valence-corrected chi connectivity index (χ1v) is 8.80. The molecule has 0 bridgehead atoms. The number of rotatable bonds is 2. The van der Waals surface area contributed by atoms with Gasteiger partial charge in [-0.2, -0.15) is 0 Å². The molecule has 2 heterocycles. The summed E-state index contributed by atoms with van der Waals surface area (Å²) in [6.07, 6.45) is 4.57. The van der Waals surface area contributed by atoms with E-state index in [0.29, 0.717) is 10.9 Å². The van der Waals surface area contributed by atoms with Crippen LogP contribution < -0.4 is 0 Å². The molecule has 3 rings (SSSR count). The molecule has 1 amide bonds. The van der Waals surface area contributed by atoms with Gasteiger partial charge in [-0.15, -0.1) is 0 Å². The molecule has 0 aliphatic heterocycles. The summed E-state index contributed by atoms with van der Waals surface area (Å²) < 4.78 is 0. The average Bonchev–Trinajstić information content (AvgIpc) is 2.92. The minimum absolute atomic E-state index is 0.0878. The topological polar surface area (TPSA) is 69.2 Å². The van der Waals surface area contributed by atoms with E-state index in [1.54, 1.807) is 17.2 Å². The van der Waals surface area contributed by atoms with Crippen molar-refractivity contribution in [1.29, 1.82) is 0 Å². The van der Waals surface area contributed by atoms with Crippen LogP contribution in [0.5, 0.6) is 0 Å². The van der Waals surface area contributed by atoms with Gasteiger partial charge >= 0.3 is 6.09 Å². The number of carboxylic acid groups (broad SMARTS) is 1. The number of hydrogen-bond acceptors (Lipinski definition) is 2. The standard InChI is InChI=1S/C18H24ClN3O2/c1-18(2,3)22(17(23)24)12-6-4-11(5-7-12)15-10-13-14(19)8-9-20-16(13)21-15/h8-12H,4-7H2,1-3H3,(H,20,21)(H,23,24)/t11-,12-. The van der Waals surface area contributed by atoms with E-state index in [1.165, 1.54) is 0 Å². The first kappa shape index (κ1) is 17.1. The van der Waals surface area contributed by atoms with Gasteiger partial charge in [-0.3, -0.25) is 0 Å². The van der Waals surface area contributed by atoms with Crippen molar-refractivity contribution in [2.24, 2.45) is 0 Å². The van der Waals surface area contributed by atoms with Crippen LogP contribution in [0.2, 0.25) is 5.02 Å². The zero-order chi connectivity index (χ0) is 17.5. The summed E-state index contributed by atoms with van der Waals surface area (Å²) in [5.41, 5.74) is 1.60. The van der Waals surface area contributed by atoms with Crippen LogP contribution in [-0.4, -0.2) is 37.6 Å². The Morgan fingerprint density at radius 2 is 2.00 bits per heavy atom. The largest absolute Gasteiger partial charge is 0.465 e. The van der Waals surface area contributed by atoms with Gasteiger partial charge in [0.15, 0.2) is 0 Å². The van der Waals surface area contributed by atoms with Gasteiger partial charge in [0.2, 0.25) is 0 Å². The molecular weight excluding hydrogens is 326 g/mol. The maximum absolute atomic E-state index is 11.6. The highest BCUT2D eigenvalue weighted by Crippen LogP contribution is 2.38. The van der Waals surface area contributed by atoms with Crippen molar-refractivity contribution < 1.29 is 9.90 Å². The van der Waals surface area contributed by atoms with E-state index in [1.807, 2.05) is 20.8 Å². The first-order chi connectivity index (χ1) is 11.3. The molecule has 0 atom stereocenters. The molecule has 0 spiro atoms. The van der Waals surface area contributed by atoms with E-state index in [0.717, 1.165) is 42.4 Å². The first-order valence-electron chi connectivity index (χ1n) is 8.42. The van der Waals surface area contributed by atoms with E-state index in [2.05, 4.69) is 16.0 Å². The number of halogens is 1. The third-order valence-electron chi connectivity index (χ3n) is 4.93. The van der Waals surface area contributed by atoms with Gasteiger partial charge in [-0.05, 0) is 64.5 Å². The molecule has 5 nitrogen and oxygen atoms in total. The Morgan fingerprint density at radius 1 is 1.33 bits per heavy atom. The van der Waals surface area contributed by atoms with Crippen LogP contribution in [0.3, 0.4) is 0 Å². The Balaban J connectivity index is 1.74. The minimum Gasteiger partial charge on any atom is -0.465 e. The number of H-pyrrole nitrogens is 1. The molecule has 2 aromatic rings. The molecule has 2 aromatic heterocycles. The maximum atomic E-state index is 11.6. The lowest BCUT2D eigenvalue weighted by Gasteiger charge is -2.42. The van der Waals surface area contributed by atoms with E-state index in [9.17, 15) is 9.90 Å². The van der Waals surface area contributed by atoms with Crippen LogP contribution in [0.25, 0.3) is 11.0 Å². The van der Waals surface area contributed by atoms with Crippen molar-refractivity contribution >= 4 is 28.7 Å². The molecule has 1 fully saturated rings. The van der Waals surface area contributed by atoms with E-state index in [4.69, 9.17) is 11.6 Å². The normalized spacial score (nSPS) is 21.8. The lowest BCUT2D eigenvalue weighted by atomic mass is 9.82. The number of aromatic nitrogens is 2. The van der Waals surface area contributed by atoms with Crippen molar-refractivity contribution in [1.82, 2.24) is 14.9 Å². The van der Waals surface area contributed by atoms with E-state index >= 15 is 0 Å². The summed E-state index contributed by atoms with van der Waals surface area (Å²) >= 11 is 6.23. The quantitative estimate of drug-likeness (QED) is 0.799. The Bertz CT molecular complexity index is 742. The Morgan fingerprint density at radius 3 is 2.54 bits per heavy atom. The fourth-order valence-electron chi connectivity index (χ4n) is 3.87. The predicted molar refractivity (Wildman–Crippen MR) is 95.7 cm³/mol. The number of aromatic amines is 1. The molecule has 6 heteroatoms. The van der Waals surface area contributed by atoms with Crippen LogP contribution in [-0.2, 0) is 0 Å². The second-order valence-electron chi connectivity index (χ2n) is 7.61. The predicted octanol–water partition coefficient (Wildman–Crippen LogP) is 5.02. The number of nitrogens with zero attached hydrogens (tertiary/aromatic N) is 2. The fourth-order valence-corrected chi connectivity index (χ4v) is 4.07. The summed E-state index contributed by atoms with van der Waals surface area (Å²) in [4.78, 5) is 21.0. The smallest absolute Gasteiger partial charge is 0.407 e. The minimum atomic E-state index is -0.826. The Hall–Kier alpha value is -1.75. The Kier molecular flexibility index (Phi) is 4.47. The van der Waals surface area contributed by atoms with Crippen molar-refractivity contribution in [3.05, 3.63) is 29.0 Å². The monoisotopic (exact) mass is 349 g/mol. The van der Waals surface area contributed by atoms with Crippen molar-refractivity contribution in [3.8, 4) is 0 Å². The lowest BCUT2D eigenvalue weighted by molar-refractivity contribution is 0.0545. The van der Waals surface area contributed by atoms with Crippen LogP contribution in [0, 0.1) is 0 Å². The van der Waals surface area contributed by atoms with Crippen LogP contribution in [0.1, 0.15) is 58.1 Å². The van der Waals surface area contributed by atoms with Gasteiger partial charge < -0.3 is 15.0 Å². The maximum Gasteiger partial charge on any atom is 0.407 e. The highest BCUT2D eigenvalue weighted by molar-refractivity contribution is 6.35. The molecule has 0 unspecified atom stereocenters. The molecule has 2 N–H and O–H groups in total. The zero-order valence-corrected chi connectivity index (χ0v) is 15.1. The molecule has 1 aliphatic carbocycles. The third-order valence-corrected chi connectivity index (χ3v) is 5.26. The Labute approximate surface area is 147 Å². The van der Waals surface area contributed by atoms with E-state index in [-0.39, 0.29) is 11.6 Å². The summed E-state index contributed by atoms with van der Waals surface area (Å²) in [6, 6.07) is 3.98. The average molecular weight is 350 g/mol. The molecular formula is C18H24ClN3O2.